The lowest BCUT2D eigenvalue weighted by Crippen LogP contribution is -2.43. The molecule has 2 aliphatic heterocycles. The third kappa shape index (κ3) is 3.30. The van der Waals surface area contributed by atoms with Gasteiger partial charge in [-0.15, -0.1) is 0 Å². The topological polar surface area (TPSA) is 57.7 Å². The van der Waals surface area contributed by atoms with Crippen molar-refractivity contribution >= 4 is 15.9 Å². The Kier molecular flexibility index (Phi) is 4.87. The molecule has 0 atom stereocenters. The fourth-order valence-electron chi connectivity index (χ4n) is 3.33. The van der Waals surface area contributed by atoms with Crippen molar-refractivity contribution in [1.82, 2.24) is 9.21 Å². The number of sulfonamides is 1. The third-order valence-electron chi connectivity index (χ3n) is 4.75. The number of nitrogens with zero attached hydrogens (tertiary/aromatic N) is 2. The molecule has 5 nitrogen and oxygen atoms in total. The first-order valence-electron chi connectivity index (χ1n) is 8.13. The van der Waals surface area contributed by atoms with Gasteiger partial charge in [-0.25, -0.2) is 17.2 Å². The Bertz CT molecular complexity index is 725. The zero-order chi connectivity index (χ0) is 17.3. The monoisotopic (exact) mass is 358 g/mol. The van der Waals surface area contributed by atoms with Crippen molar-refractivity contribution in [3.05, 3.63) is 29.8 Å². The van der Waals surface area contributed by atoms with Crippen molar-refractivity contribution in [3.8, 4) is 0 Å². The molecule has 132 valence electrons. The van der Waals surface area contributed by atoms with Gasteiger partial charge in [0.05, 0.1) is 4.90 Å². The SMILES string of the molecule is O=C(C1CCN(S(=O)(=O)c2ccc(F)c(F)c2)CC1)N1CCCC1. The largest absolute Gasteiger partial charge is 0.342 e. The van der Waals surface area contributed by atoms with Gasteiger partial charge in [-0.3, -0.25) is 4.79 Å². The highest BCUT2D eigenvalue weighted by Gasteiger charge is 2.34. The molecule has 24 heavy (non-hydrogen) atoms. The Morgan fingerprint density at radius 2 is 1.62 bits per heavy atom. The van der Waals surface area contributed by atoms with Crippen LogP contribution in [0.4, 0.5) is 8.78 Å². The molecule has 0 spiro atoms. The predicted molar refractivity (Wildman–Crippen MR) is 83.7 cm³/mol. The third-order valence-corrected chi connectivity index (χ3v) is 6.64. The van der Waals surface area contributed by atoms with Gasteiger partial charge in [0.2, 0.25) is 15.9 Å². The van der Waals surface area contributed by atoms with E-state index in [1.165, 1.54) is 4.31 Å². The summed E-state index contributed by atoms with van der Waals surface area (Å²) in [6, 6.07) is 2.58. The van der Waals surface area contributed by atoms with Gasteiger partial charge >= 0.3 is 0 Å². The molecular formula is C16H20F2N2O3S. The molecule has 1 aromatic carbocycles. The summed E-state index contributed by atoms with van der Waals surface area (Å²) in [5.41, 5.74) is 0. The summed E-state index contributed by atoms with van der Waals surface area (Å²) in [6.07, 6.45) is 2.96. The number of rotatable bonds is 3. The number of amides is 1. The van der Waals surface area contributed by atoms with Crippen molar-refractivity contribution in [2.45, 2.75) is 30.6 Å². The highest BCUT2D eigenvalue weighted by Crippen LogP contribution is 2.26. The highest BCUT2D eigenvalue weighted by atomic mass is 32.2. The van der Waals surface area contributed by atoms with Crippen LogP contribution in [0.5, 0.6) is 0 Å². The zero-order valence-electron chi connectivity index (χ0n) is 13.2. The van der Waals surface area contributed by atoms with Crippen molar-refractivity contribution in [3.63, 3.8) is 0 Å². The molecule has 0 aliphatic carbocycles. The van der Waals surface area contributed by atoms with E-state index in [2.05, 4.69) is 0 Å². The van der Waals surface area contributed by atoms with Crippen LogP contribution in [0.2, 0.25) is 0 Å². The van der Waals surface area contributed by atoms with E-state index in [0.717, 1.165) is 38.1 Å². The van der Waals surface area contributed by atoms with Crippen molar-refractivity contribution in [2.75, 3.05) is 26.2 Å². The van der Waals surface area contributed by atoms with Crippen molar-refractivity contribution in [1.29, 1.82) is 0 Å². The minimum absolute atomic E-state index is 0.109. The Morgan fingerprint density at radius 1 is 1.00 bits per heavy atom. The van der Waals surface area contributed by atoms with E-state index in [-0.39, 0.29) is 29.8 Å². The van der Waals surface area contributed by atoms with Crippen LogP contribution < -0.4 is 0 Å². The summed E-state index contributed by atoms with van der Waals surface area (Å²) in [5, 5.41) is 0. The van der Waals surface area contributed by atoms with E-state index < -0.39 is 21.7 Å². The van der Waals surface area contributed by atoms with E-state index in [1.807, 2.05) is 4.90 Å². The van der Waals surface area contributed by atoms with Crippen LogP contribution in [-0.4, -0.2) is 49.7 Å². The minimum Gasteiger partial charge on any atom is -0.342 e. The fourth-order valence-corrected chi connectivity index (χ4v) is 4.81. The van der Waals surface area contributed by atoms with Gasteiger partial charge in [-0.2, -0.15) is 4.31 Å². The summed E-state index contributed by atoms with van der Waals surface area (Å²) < 4.78 is 52.6. The fraction of sp³-hybridized carbons (Fsp3) is 0.562. The summed E-state index contributed by atoms with van der Waals surface area (Å²) in [7, 11) is -3.87. The van der Waals surface area contributed by atoms with E-state index in [4.69, 9.17) is 0 Å². The predicted octanol–water partition coefficient (Wildman–Crippen LogP) is 1.99. The molecule has 0 bridgehead atoms. The first-order chi connectivity index (χ1) is 11.4. The molecule has 0 N–H and O–H groups in total. The highest BCUT2D eigenvalue weighted by molar-refractivity contribution is 7.89. The van der Waals surface area contributed by atoms with E-state index in [0.29, 0.717) is 18.9 Å². The second-order valence-corrected chi connectivity index (χ2v) is 8.22. The molecule has 2 fully saturated rings. The van der Waals surface area contributed by atoms with Crippen LogP contribution in [0.15, 0.2) is 23.1 Å². The molecule has 1 aromatic rings. The lowest BCUT2D eigenvalue weighted by atomic mass is 9.97. The van der Waals surface area contributed by atoms with Gasteiger partial charge in [0.1, 0.15) is 0 Å². The quantitative estimate of drug-likeness (QED) is 0.830. The molecule has 0 aromatic heterocycles. The van der Waals surface area contributed by atoms with Crippen molar-refractivity contribution in [2.24, 2.45) is 5.92 Å². The van der Waals surface area contributed by atoms with Crippen LogP contribution in [0.1, 0.15) is 25.7 Å². The second kappa shape index (κ2) is 6.76. The Labute approximate surface area is 140 Å². The Balaban J connectivity index is 1.67. The normalized spacial score (nSPS) is 20.5. The molecule has 0 unspecified atom stereocenters. The van der Waals surface area contributed by atoms with E-state index in [9.17, 15) is 22.0 Å². The molecule has 2 heterocycles. The van der Waals surface area contributed by atoms with Gasteiger partial charge in [-0.1, -0.05) is 0 Å². The second-order valence-electron chi connectivity index (χ2n) is 6.29. The minimum atomic E-state index is -3.87. The molecule has 3 rings (SSSR count). The van der Waals surface area contributed by atoms with Crippen molar-refractivity contribution < 1.29 is 22.0 Å². The van der Waals surface area contributed by atoms with E-state index in [1.54, 1.807) is 0 Å². The summed E-state index contributed by atoms with van der Waals surface area (Å²) in [4.78, 5) is 14.0. The number of hydrogen-bond donors (Lipinski definition) is 0. The number of likely N-dealkylation sites (tertiary alicyclic amines) is 1. The molecule has 2 aliphatic rings. The summed E-state index contributed by atoms with van der Waals surface area (Å²) >= 11 is 0. The average molecular weight is 358 g/mol. The number of piperidine rings is 1. The molecular weight excluding hydrogens is 338 g/mol. The van der Waals surface area contributed by atoms with Gasteiger partial charge in [0.25, 0.3) is 0 Å². The summed E-state index contributed by atoms with van der Waals surface area (Å²) in [6.45, 7) is 2.00. The van der Waals surface area contributed by atoms with Gasteiger partial charge in [0, 0.05) is 32.1 Å². The number of carbonyl (C=O) groups is 1. The van der Waals surface area contributed by atoms with Gasteiger partial charge < -0.3 is 4.90 Å². The van der Waals surface area contributed by atoms with E-state index >= 15 is 0 Å². The van der Waals surface area contributed by atoms with Gasteiger partial charge in [-0.05, 0) is 43.9 Å². The maximum Gasteiger partial charge on any atom is 0.243 e. The number of hydrogen-bond acceptors (Lipinski definition) is 3. The number of halogens is 2. The smallest absolute Gasteiger partial charge is 0.243 e. The molecule has 0 saturated carbocycles. The van der Waals surface area contributed by atoms with Gasteiger partial charge in [0.15, 0.2) is 11.6 Å². The maximum absolute atomic E-state index is 13.3. The first-order valence-corrected chi connectivity index (χ1v) is 9.57. The maximum atomic E-state index is 13.3. The zero-order valence-corrected chi connectivity index (χ0v) is 14.1. The molecule has 2 saturated heterocycles. The summed E-state index contributed by atoms with van der Waals surface area (Å²) in [5.74, 6) is -2.31. The molecule has 1 amide bonds. The Morgan fingerprint density at radius 3 is 2.21 bits per heavy atom. The Hall–Kier alpha value is -1.54. The molecule has 8 heteroatoms. The lowest BCUT2D eigenvalue weighted by Gasteiger charge is -2.32. The standard InChI is InChI=1S/C16H20F2N2O3S/c17-14-4-3-13(11-15(14)18)24(22,23)20-9-5-12(6-10-20)16(21)19-7-1-2-8-19/h3-4,11-12H,1-2,5-10H2. The average Bonchev–Trinajstić information content (AvgIpc) is 3.11. The first kappa shape index (κ1) is 17.3. The van der Waals surface area contributed by atoms with Crippen LogP contribution in [0, 0.1) is 17.6 Å². The number of carbonyl (C=O) groups excluding carboxylic acids is 1. The number of benzene rings is 1. The lowest BCUT2D eigenvalue weighted by molar-refractivity contribution is -0.135. The van der Waals surface area contributed by atoms with Crippen LogP contribution >= 0.6 is 0 Å². The molecule has 0 radical (unpaired) electrons. The van der Waals surface area contributed by atoms with Crippen LogP contribution in [-0.2, 0) is 14.8 Å². The van der Waals surface area contributed by atoms with Crippen LogP contribution in [0.25, 0.3) is 0 Å². The van der Waals surface area contributed by atoms with Crippen LogP contribution in [0.3, 0.4) is 0 Å².